The molecule has 4 nitrogen and oxygen atoms in total. The maximum atomic E-state index is 12.9. The third-order valence-electron chi connectivity index (χ3n) is 3.70. The van der Waals surface area contributed by atoms with E-state index in [4.69, 9.17) is 0 Å². The molecular weight excluding hydrogens is 345 g/mol. The Hall–Kier alpha value is -1.99. The van der Waals surface area contributed by atoms with Crippen LogP contribution >= 0.6 is 23.1 Å². The fraction of sp³-hybridized carbons (Fsp3) is 0.235. The van der Waals surface area contributed by atoms with Gasteiger partial charge in [0, 0.05) is 16.0 Å². The van der Waals surface area contributed by atoms with Crippen LogP contribution < -0.4 is 5.32 Å². The Bertz CT molecular complexity index is 893. The summed E-state index contributed by atoms with van der Waals surface area (Å²) in [7, 11) is 0. The zero-order valence-corrected chi connectivity index (χ0v) is 15.1. The highest BCUT2D eigenvalue weighted by Crippen LogP contribution is 2.36. The minimum Gasteiger partial charge on any atom is -0.325 e. The number of thioether (sulfide) groups is 1. The molecule has 1 N–H and O–H groups in total. The summed E-state index contributed by atoms with van der Waals surface area (Å²) in [6.07, 6.45) is 1.53. The van der Waals surface area contributed by atoms with Crippen LogP contribution in [0.5, 0.6) is 0 Å². The average molecular weight is 361 g/mol. The molecule has 0 unspecified atom stereocenters. The molecular formula is C17H16FN3OS2. The highest BCUT2D eigenvalue weighted by molar-refractivity contribution is 8.00. The number of aromatic nitrogens is 2. The number of halogens is 1. The first kappa shape index (κ1) is 16.9. The van der Waals surface area contributed by atoms with Gasteiger partial charge in [-0.25, -0.2) is 14.4 Å². The van der Waals surface area contributed by atoms with E-state index in [1.807, 2.05) is 13.8 Å². The molecule has 0 aliphatic rings. The first-order chi connectivity index (χ1) is 11.5. The molecule has 124 valence electrons. The van der Waals surface area contributed by atoms with Crippen molar-refractivity contribution in [1.82, 2.24) is 9.97 Å². The Morgan fingerprint density at radius 2 is 1.96 bits per heavy atom. The van der Waals surface area contributed by atoms with E-state index in [9.17, 15) is 9.18 Å². The average Bonchev–Trinajstić information content (AvgIpc) is 2.85. The largest absolute Gasteiger partial charge is 0.325 e. The summed E-state index contributed by atoms with van der Waals surface area (Å²) < 4.78 is 12.9. The van der Waals surface area contributed by atoms with Crippen LogP contribution in [0.2, 0.25) is 0 Å². The lowest BCUT2D eigenvalue weighted by Crippen LogP contribution is -2.22. The number of thiophene rings is 1. The summed E-state index contributed by atoms with van der Waals surface area (Å²) in [6.45, 7) is 5.93. The molecule has 1 atom stereocenters. The summed E-state index contributed by atoms with van der Waals surface area (Å²) in [5.41, 5.74) is 1.73. The quantitative estimate of drug-likeness (QED) is 0.546. The number of benzene rings is 1. The molecule has 2 heterocycles. The van der Waals surface area contributed by atoms with Crippen LogP contribution in [0.3, 0.4) is 0 Å². The van der Waals surface area contributed by atoms with Gasteiger partial charge in [-0.2, -0.15) is 0 Å². The molecule has 0 bridgehead atoms. The lowest BCUT2D eigenvalue weighted by Gasteiger charge is -2.12. The second-order valence-corrected chi connectivity index (χ2v) is 7.93. The van der Waals surface area contributed by atoms with Gasteiger partial charge in [-0.05, 0) is 50.6 Å². The van der Waals surface area contributed by atoms with Gasteiger partial charge in [0.1, 0.15) is 22.0 Å². The number of fused-ring (bicyclic) bond motifs is 1. The molecule has 0 fully saturated rings. The van der Waals surface area contributed by atoms with Gasteiger partial charge in [-0.15, -0.1) is 11.3 Å². The molecule has 3 rings (SSSR count). The van der Waals surface area contributed by atoms with E-state index in [1.54, 1.807) is 23.5 Å². The van der Waals surface area contributed by atoms with Gasteiger partial charge in [0.25, 0.3) is 0 Å². The van der Waals surface area contributed by atoms with Crippen molar-refractivity contribution in [2.24, 2.45) is 0 Å². The maximum Gasteiger partial charge on any atom is 0.237 e. The van der Waals surface area contributed by atoms with Crippen LogP contribution in [-0.4, -0.2) is 21.1 Å². The Labute approximate surface area is 147 Å². The summed E-state index contributed by atoms with van der Waals surface area (Å²) in [4.78, 5) is 23.2. The van der Waals surface area contributed by atoms with Crippen LogP contribution in [0.15, 0.2) is 35.6 Å². The SMILES string of the molecule is Cc1sc2ncnc(S[C@H](C)C(=O)Nc3ccc(F)cc3)c2c1C. The number of nitrogens with one attached hydrogen (secondary N) is 1. The molecule has 0 radical (unpaired) electrons. The normalized spacial score (nSPS) is 12.3. The summed E-state index contributed by atoms with van der Waals surface area (Å²) >= 11 is 3.03. The molecule has 2 aromatic heterocycles. The summed E-state index contributed by atoms with van der Waals surface area (Å²) in [5.74, 6) is -0.481. The van der Waals surface area contributed by atoms with Crippen molar-refractivity contribution in [2.45, 2.75) is 31.0 Å². The molecule has 0 aliphatic heterocycles. The fourth-order valence-corrected chi connectivity index (χ4v) is 4.28. The Morgan fingerprint density at radius 1 is 1.25 bits per heavy atom. The molecule has 1 amide bonds. The highest BCUT2D eigenvalue weighted by atomic mass is 32.2. The third kappa shape index (κ3) is 3.42. The van der Waals surface area contributed by atoms with Crippen molar-refractivity contribution >= 4 is 44.9 Å². The van der Waals surface area contributed by atoms with Gasteiger partial charge in [0.2, 0.25) is 5.91 Å². The van der Waals surface area contributed by atoms with Crippen LogP contribution in [0.1, 0.15) is 17.4 Å². The number of anilines is 1. The number of hydrogen-bond acceptors (Lipinski definition) is 5. The number of rotatable bonds is 4. The van der Waals surface area contributed by atoms with E-state index in [-0.39, 0.29) is 17.0 Å². The van der Waals surface area contributed by atoms with Crippen molar-refractivity contribution in [1.29, 1.82) is 0 Å². The summed E-state index contributed by atoms with van der Waals surface area (Å²) in [5, 5.41) is 4.28. The zero-order valence-electron chi connectivity index (χ0n) is 13.5. The van der Waals surface area contributed by atoms with Crippen LogP contribution in [-0.2, 0) is 4.79 Å². The number of amides is 1. The first-order valence-corrected chi connectivity index (χ1v) is 9.09. The van der Waals surface area contributed by atoms with E-state index in [1.165, 1.54) is 35.1 Å². The minimum absolute atomic E-state index is 0.150. The molecule has 0 aliphatic carbocycles. The Balaban J connectivity index is 1.78. The second kappa shape index (κ2) is 6.86. The zero-order chi connectivity index (χ0) is 17.3. The smallest absolute Gasteiger partial charge is 0.237 e. The molecule has 1 aromatic carbocycles. The van der Waals surface area contributed by atoms with E-state index in [2.05, 4.69) is 22.2 Å². The van der Waals surface area contributed by atoms with Crippen molar-refractivity contribution < 1.29 is 9.18 Å². The van der Waals surface area contributed by atoms with E-state index >= 15 is 0 Å². The second-order valence-electron chi connectivity index (χ2n) is 5.40. The van der Waals surface area contributed by atoms with Crippen LogP contribution in [0.4, 0.5) is 10.1 Å². The van der Waals surface area contributed by atoms with Gasteiger partial charge in [0.05, 0.1) is 5.25 Å². The van der Waals surface area contributed by atoms with E-state index < -0.39 is 0 Å². The standard InChI is InChI=1S/C17H16FN3OS2/c1-9-10(2)23-16-14(9)17(20-8-19-16)24-11(3)15(22)21-13-6-4-12(18)5-7-13/h4-8,11H,1-3H3,(H,21,22)/t11-/m1/s1. The molecule has 24 heavy (non-hydrogen) atoms. The number of carbonyl (C=O) groups excluding carboxylic acids is 1. The number of hydrogen-bond donors (Lipinski definition) is 1. The molecule has 7 heteroatoms. The molecule has 0 spiro atoms. The lowest BCUT2D eigenvalue weighted by atomic mass is 10.2. The fourth-order valence-electron chi connectivity index (χ4n) is 2.24. The first-order valence-electron chi connectivity index (χ1n) is 7.39. The topological polar surface area (TPSA) is 54.9 Å². The van der Waals surface area contributed by atoms with Gasteiger partial charge >= 0.3 is 0 Å². The maximum absolute atomic E-state index is 12.9. The van der Waals surface area contributed by atoms with Gasteiger partial charge in [-0.3, -0.25) is 4.79 Å². The van der Waals surface area contributed by atoms with Crippen LogP contribution in [0, 0.1) is 19.7 Å². The minimum atomic E-state index is -0.340. The van der Waals surface area contributed by atoms with Crippen molar-refractivity contribution in [3.8, 4) is 0 Å². The lowest BCUT2D eigenvalue weighted by molar-refractivity contribution is -0.115. The Morgan fingerprint density at radius 3 is 2.67 bits per heavy atom. The highest BCUT2D eigenvalue weighted by Gasteiger charge is 2.19. The van der Waals surface area contributed by atoms with Crippen molar-refractivity contribution in [2.75, 3.05) is 5.32 Å². The Kier molecular flexibility index (Phi) is 4.82. The molecule has 3 aromatic rings. The number of aryl methyl sites for hydroxylation is 2. The van der Waals surface area contributed by atoms with Gasteiger partial charge in [0.15, 0.2) is 0 Å². The van der Waals surface area contributed by atoms with Crippen molar-refractivity contribution in [3.05, 3.63) is 46.9 Å². The predicted octanol–water partition coefficient (Wildman–Crippen LogP) is 4.57. The van der Waals surface area contributed by atoms with Crippen molar-refractivity contribution in [3.63, 3.8) is 0 Å². The van der Waals surface area contributed by atoms with E-state index in [0.29, 0.717) is 5.69 Å². The number of nitrogens with zero attached hydrogens (tertiary/aromatic N) is 2. The molecule has 0 saturated heterocycles. The van der Waals surface area contributed by atoms with Gasteiger partial charge < -0.3 is 5.32 Å². The predicted molar refractivity (Wildman–Crippen MR) is 97.2 cm³/mol. The number of carbonyl (C=O) groups is 1. The molecule has 0 saturated carbocycles. The third-order valence-corrected chi connectivity index (χ3v) is 5.92. The van der Waals surface area contributed by atoms with Gasteiger partial charge in [-0.1, -0.05) is 11.8 Å². The summed E-state index contributed by atoms with van der Waals surface area (Å²) in [6, 6.07) is 5.72. The van der Waals surface area contributed by atoms with Crippen LogP contribution in [0.25, 0.3) is 10.2 Å². The monoisotopic (exact) mass is 361 g/mol. The van der Waals surface area contributed by atoms with E-state index in [0.717, 1.165) is 20.8 Å².